The van der Waals surface area contributed by atoms with Gasteiger partial charge in [0.2, 0.25) is 0 Å². The molecule has 0 saturated heterocycles. The van der Waals surface area contributed by atoms with E-state index in [1.54, 1.807) is 0 Å². The van der Waals surface area contributed by atoms with Crippen LogP contribution in [0.4, 0.5) is 13.2 Å². The van der Waals surface area contributed by atoms with Gasteiger partial charge in [0.15, 0.2) is 0 Å². The molecule has 0 heterocycles. The van der Waals surface area contributed by atoms with Crippen LogP contribution >= 0.6 is 0 Å². The lowest BCUT2D eigenvalue weighted by molar-refractivity contribution is -0.137. The second-order valence-corrected chi connectivity index (χ2v) is 4.87. The van der Waals surface area contributed by atoms with E-state index in [0.717, 1.165) is 18.1 Å². The molecule has 2 atom stereocenters. The fraction of sp³-hybridized carbons (Fsp3) is 0.538. The van der Waals surface area contributed by atoms with E-state index in [-0.39, 0.29) is 0 Å². The summed E-state index contributed by atoms with van der Waals surface area (Å²) in [6.45, 7) is 4.25. The van der Waals surface area contributed by atoms with Gasteiger partial charge in [0, 0.05) is 0 Å². The van der Waals surface area contributed by atoms with Crippen molar-refractivity contribution < 1.29 is 13.2 Å². The summed E-state index contributed by atoms with van der Waals surface area (Å²) in [6.07, 6.45) is -3.20. The Hall–Kier alpha value is -0.990. The van der Waals surface area contributed by atoms with Gasteiger partial charge < -0.3 is 0 Å². The van der Waals surface area contributed by atoms with E-state index in [9.17, 15) is 13.2 Å². The average molecular weight is 228 g/mol. The molecule has 0 bridgehead atoms. The molecule has 88 valence electrons. The molecule has 0 spiro atoms. The Bertz CT molecular complexity index is 379. The minimum Gasteiger partial charge on any atom is -0.166 e. The molecule has 1 aromatic rings. The average Bonchev–Trinajstić information content (AvgIpc) is 2.96. The molecule has 1 saturated carbocycles. The largest absolute Gasteiger partial charge is 0.416 e. The summed E-state index contributed by atoms with van der Waals surface area (Å²) in [6, 6.07) is 5.75. The highest BCUT2D eigenvalue weighted by molar-refractivity contribution is 5.32. The van der Waals surface area contributed by atoms with Gasteiger partial charge in [-0.2, -0.15) is 13.2 Å². The molecule has 0 nitrogen and oxygen atoms in total. The predicted molar refractivity (Wildman–Crippen MR) is 57.1 cm³/mol. The van der Waals surface area contributed by atoms with Crippen molar-refractivity contribution in [1.29, 1.82) is 0 Å². The first-order valence-electron chi connectivity index (χ1n) is 5.56. The molecule has 1 aliphatic rings. The van der Waals surface area contributed by atoms with Crippen molar-refractivity contribution in [3.8, 4) is 0 Å². The second-order valence-electron chi connectivity index (χ2n) is 4.87. The molecular weight excluding hydrogens is 213 g/mol. The van der Waals surface area contributed by atoms with Crippen LogP contribution in [0.2, 0.25) is 0 Å². The molecule has 0 aromatic heterocycles. The molecule has 1 aliphatic carbocycles. The van der Waals surface area contributed by atoms with Crippen molar-refractivity contribution >= 4 is 0 Å². The van der Waals surface area contributed by atoms with Gasteiger partial charge in [-0.15, -0.1) is 0 Å². The van der Waals surface area contributed by atoms with Crippen molar-refractivity contribution in [2.24, 2.45) is 11.8 Å². The van der Waals surface area contributed by atoms with Gasteiger partial charge >= 0.3 is 6.18 Å². The molecule has 2 rings (SSSR count). The second kappa shape index (κ2) is 3.79. The molecule has 0 N–H and O–H groups in total. The monoisotopic (exact) mass is 228 g/mol. The molecule has 0 unspecified atom stereocenters. The van der Waals surface area contributed by atoms with Gasteiger partial charge in [0.1, 0.15) is 0 Å². The number of halogens is 3. The molecule has 1 aromatic carbocycles. The van der Waals surface area contributed by atoms with Crippen molar-refractivity contribution in [3.05, 3.63) is 35.4 Å². The predicted octanol–water partition coefficient (Wildman–Crippen LogP) is 4.46. The number of hydrogen-bond acceptors (Lipinski definition) is 0. The SMILES string of the molecule is CC(C)[C@H]1C[C@H]1c1cccc(C(F)(F)F)c1. The zero-order chi connectivity index (χ0) is 11.9. The Labute approximate surface area is 93.5 Å². The zero-order valence-corrected chi connectivity index (χ0v) is 9.38. The zero-order valence-electron chi connectivity index (χ0n) is 9.38. The Morgan fingerprint density at radius 3 is 2.44 bits per heavy atom. The Kier molecular flexibility index (Phi) is 2.72. The first kappa shape index (κ1) is 11.5. The van der Waals surface area contributed by atoms with Crippen LogP contribution in [0.1, 0.15) is 37.3 Å². The van der Waals surface area contributed by atoms with Crippen LogP contribution in [0.5, 0.6) is 0 Å². The molecular formula is C13H15F3. The maximum atomic E-state index is 12.5. The van der Waals surface area contributed by atoms with Crippen LogP contribution in [0.25, 0.3) is 0 Å². The van der Waals surface area contributed by atoms with E-state index in [4.69, 9.17) is 0 Å². The van der Waals surface area contributed by atoms with E-state index < -0.39 is 11.7 Å². The summed E-state index contributed by atoms with van der Waals surface area (Å²) in [5.74, 6) is 1.45. The highest BCUT2D eigenvalue weighted by Crippen LogP contribution is 2.52. The fourth-order valence-corrected chi connectivity index (χ4v) is 2.28. The third kappa shape index (κ3) is 2.23. The van der Waals surface area contributed by atoms with Crippen LogP contribution in [-0.4, -0.2) is 0 Å². The molecule has 1 fully saturated rings. The van der Waals surface area contributed by atoms with E-state index in [2.05, 4.69) is 13.8 Å². The molecule has 0 aliphatic heterocycles. The van der Waals surface area contributed by atoms with Crippen molar-refractivity contribution in [2.45, 2.75) is 32.4 Å². The summed E-state index contributed by atoms with van der Waals surface area (Å²) in [5, 5.41) is 0. The Balaban J connectivity index is 2.19. The summed E-state index contributed by atoms with van der Waals surface area (Å²) >= 11 is 0. The van der Waals surface area contributed by atoms with Crippen molar-refractivity contribution in [1.82, 2.24) is 0 Å². The van der Waals surface area contributed by atoms with E-state index in [1.165, 1.54) is 12.1 Å². The normalized spacial score (nSPS) is 24.9. The Morgan fingerprint density at radius 1 is 1.25 bits per heavy atom. The highest BCUT2D eigenvalue weighted by atomic mass is 19.4. The van der Waals surface area contributed by atoms with Gasteiger partial charge in [-0.3, -0.25) is 0 Å². The van der Waals surface area contributed by atoms with Crippen LogP contribution in [0.3, 0.4) is 0 Å². The number of hydrogen-bond donors (Lipinski definition) is 0. The molecule has 3 heteroatoms. The maximum Gasteiger partial charge on any atom is 0.416 e. The summed E-state index contributed by atoms with van der Waals surface area (Å²) in [5.41, 5.74) is 0.313. The lowest BCUT2D eigenvalue weighted by atomic mass is 10.0. The standard InChI is InChI=1S/C13H15F3/c1-8(2)11-7-12(11)9-4-3-5-10(6-9)13(14,15)16/h3-6,8,11-12H,7H2,1-2H3/t11-,12+/m1/s1. The highest BCUT2D eigenvalue weighted by Gasteiger charge is 2.41. The number of alkyl halides is 3. The first-order chi connectivity index (χ1) is 7.39. The fourth-order valence-electron chi connectivity index (χ4n) is 2.28. The van der Waals surface area contributed by atoms with Gasteiger partial charge in [-0.25, -0.2) is 0 Å². The van der Waals surface area contributed by atoms with Crippen LogP contribution in [-0.2, 0) is 6.18 Å². The molecule has 0 amide bonds. The minimum atomic E-state index is -4.22. The topological polar surface area (TPSA) is 0 Å². The lowest BCUT2D eigenvalue weighted by Crippen LogP contribution is -2.05. The van der Waals surface area contributed by atoms with Crippen LogP contribution in [0, 0.1) is 11.8 Å². The third-order valence-corrected chi connectivity index (χ3v) is 3.34. The summed E-state index contributed by atoms with van der Waals surface area (Å²) in [4.78, 5) is 0. The minimum absolute atomic E-state index is 0.335. The summed E-state index contributed by atoms with van der Waals surface area (Å²) in [7, 11) is 0. The quantitative estimate of drug-likeness (QED) is 0.700. The molecule has 0 radical (unpaired) electrons. The van der Waals surface area contributed by atoms with Crippen molar-refractivity contribution in [3.63, 3.8) is 0 Å². The Morgan fingerprint density at radius 2 is 1.94 bits per heavy atom. The maximum absolute atomic E-state index is 12.5. The van der Waals surface area contributed by atoms with Gasteiger partial charge in [0.25, 0.3) is 0 Å². The summed E-state index contributed by atoms with van der Waals surface area (Å²) < 4.78 is 37.5. The smallest absolute Gasteiger partial charge is 0.166 e. The third-order valence-electron chi connectivity index (χ3n) is 3.34. The van der Waals surface area contributed by atoms with E-state index in [1.807, 2.05) is 6.07 Å². The van der Waals surface area contributed by atoms with Crippen molar-refractivity contribution in [2.75, 3.05) is 0 Å². The van der Waals surface area contributed by atoms with Crippen LogP contribution in [0.15, 0.2) is 24.3 Å². The first-order valence-corrected chi connectivity index (χ1v) is 5.56. The van der Waals surface area contributed by atoms with Gasteiger partial charge in [-0.1, -0.05) is 32.0 Å². The molecule has 16 heavy (non-hydrogen) atoms. The van der Waals surface area contributed by atoms with E-state index >= 15 is 0 Å². The number of benzene rings is 1. The van der Waals surface area contributed by atoms with Crippen LogP contribution < -0.4 is 0 Å². The lowest BCUT2D eigenvalue weighted by Gasteiger charge is -2.09. The van der Waals surface area contributed by atoms with Gasteiger partial charge in [-0.05, 0) is 35.8 Å². The van der Waals surface area contributed by atoms with Gasteiger partial charge in [0.05, 0.1) is 5.56 Å². The number of rotatable bonds is 2. The van der Waals surface area contributed by atoms with E-state index in [0.29, 0.717) is 17.8 Å².